The van der Waals surface area contributed by atoms with Crippen LogP contribution in [0, 0.1) is 12.8 Å². The zero-order valence-electron chi connectivity index (χ0n) is 11.8. The highest BCUT2D eigenvalue weighted by Gasteiger charge is 2.12. The van der Waals surface area contributed by atoms with Crippen molar-refractivity contribution in [1.29, 1.82) is 0 Å². The van der Waals surface area contributed by atoms with Crippen LogP contribution >= 0.6 is 11.3 Å². The number of hydrogen-bond acceptors (Lipinski definition) is 7. The fourth-order valence-electron chi connectivity index (χ4n) is 2.12. The minimum atomic E-state index is 0.215. The maximum Gasteiger partial charge on any atom is 0.240 e. The van der Waals surface area contributed by atoms with Gasteiger partial charge in [-0.1, -0.05) is 13.3 Å². The van der Waals surface area contributed by atoms with Crippen molar-refractivity contribution in [2.75, 3.05) is 23.9 Å². The van der Waals surface area contributed by atoms with Gasteiger partial charge >= 0.3 is 0 Å². The molecule has 0 amide bonds. The van der Waals surface area contributed by atoms with Gasteiger partial charge in [0.2, 0.25) is 5.95 Å². The molecule has 0 aromatic carbocycles. The first-order chi connectivity index (χ1) is 9.67. The summed E-state index contributed by atoms with van der Waals surface area (Å²) in [6.07, 6.45) is 1.81. The molecule has 0 radical (unpaired) electrons. The monoisotopic (exact) mass is 295 g/mol. The Morgan fingerprint density at radius 2 is 2.25 bits per heavy atom. The zero-order valence-corrected chi connectivity index (χ0v) is 12.6. The van der Waals surface area contributed by atoms with Gasteiger partial charge in [-0.05, 0) is 25.3 Å². The van der Waals surface area contributed by atoms with Crippen molar-refractivity contribution in [2.24, 2.45) is 11.8 Å². The normalized spacial score (nSPS) is 12.6. The molecule has 0 spiro atoms. The van der Waals surface area contributed by atoms with Gasteiger partial charge < -0.3 is 10.4 Å². The van der Waals surface area contributed by atoms with Gasteiger partial charge in [0.1, 0.15) is 10.6 Å². The summed E-state index contributed by atoms with van der Waals surface area (Å²) in [7, 11) is 0. The summed E-state index contributed by atoms with van der Waals surface area (Å²) >= 11 is 1.62. The topological polar surface area (TPSA) is 96.1 Å². The Morgan fingerprint density at radius 1 is 1.45 bits per heavy atom. The van der Waals surface area contributed by atoms with Crippen LogP contribution in [0.15, 0.2) is 6.07 Å². The lowest BCUT2D eigenvalue weighted by Gasteiger charge is -2.15. The summed E-state index contributed by atoms with van der Waals surface area (Å²) in [6, 6.07) is 2.08. The second kappa shape index (κ2) is 6.83. The lowest BCUT2D eigenvalue weighted by molar-refractivity contribution is 0.258. The first-order valence-corrected chi connectivity index (χ1v) is 7.59. The lowest BCUT2D eigenvalue weighted by atomic mass is 10.0. The van der Waals surface area contributed by atoms with Crippen LogP contribution in [0.2, 0.25) is 0 Å². The number of fused-ring (bicyclic) bond motifs is 1. The highest BCUT2D eigenvalue weighted by atomic mass is 32.1. The first-order valence-electron chi connectivity index (χ1n) is 6.77. The molecule has 5 N–H and O–H groups in total. The summed E-state index contributed by atoms with van der Waals surface area (Å²) in [6.45, 7) is 5.17. The Bertz CT molecular complexity index is 571. The Labute approximate surface area is 122 Å². The van der Waals surface area contributed by atoms with Gasteiger partial charge in [0, 0.05) is 18.0 Å². The predicted octanol–water partition coefficient (Wildman–Crippen LogP) is 2.11. The molecule has 6 nitrogen and oxygen atoms in total. The molecule has 0 aliphatic carbocycles. The van der Waals surface area contributed by atoms with E-state index >= 15 is 0 Å². The van der Waals surface area contributed by atoms with Crippen LogP contribution in [-0.4, -0.2) is 28.2 Å². The molecule has 2 rings (SSSR count). The molecule has 7 heteroatoms. The molecule has 20 heavy (non-hydrogen) atoms. The van der Waals surface area contributed by atoms with Gasteiger partial charge in [0.15, 0.2) is 0 Å². The maximum absolute atomic E-state index is 9.04. The number of aliphatic hydroxyl groups is 1. The van der Waals surface area contributed by atoms with Crippen LogP contribution in [0.1, 0.15) is 24.6 Å². The Hall–Kier alpha value is -1.44. The van der Waals surface area contributed by atoms with Crippen LogP contribution < -0.4 is 16.6 Å². The van der Waals surface area contributed by atoms with Gasteiger partial charge in [0.25, 0.3) is 0 Å². The van der Waals surface area contributed by atoms with E-state index in [0.29, 0.717) is 11.9 Å². The largest absolute Gasteiger partial charge is 0.396 e. The third-order valence-corrected chi connectivity index (χ3v) is 4.26. The van der Waals surface area contributed by atoms with E-state index in [1.165, 1.54) is 4.88 Å². The molecular formula is C13H21N5OS. The second-order valence-corrected chi connectivity index (χ2v) is 6.02. The molecule has 0 aliphatic rings. The molecule has 2 aromatic heterocycles. The molecular weight excluding hydrogens is 274 g/mol. The van der Waals surface area contributed by atoms with Crippen LogP contribution in [0.3, 0.4) is 0 Å². The summed E-state index contributed by atoms with van der Waals surface area (Å²) in [5.74, 6) is 7.05. The maximum atomic E-state index is 9.04. The van der Waals surface area contributed by atoms with E-state index in [1.54, 1.807) is 11.3 Å². The average molecular weight is 295 g/mol. The molecule has 0 saturated heterocycles. The Morgan fingerprint density at radius 3 is 2.90 bits per heavy atom. The molecule has 2 aromatic rings. The number of nitrogen functional groups attached to an aromatic ring is 1. The number of hydrogen-bond donors (Lipinski definition) is 4. The van der Waals surface area contributed by atoms with Gasteiger partial charge in [-0.3, -0.25) is 5.43 Å². The van der Waals surface area contributed by atoms with Crippen molar-refractivity contribution < 1.29 is 5.11 Å². The number of thiophene rings is 1. The second-order valence-electron chi connectivity index (χ2n) is 4.78. The van der Waals surface area contributed by atoms with Crippen LogP contribution in [0.4, 0.5) is 11.8 Å². The van der Waals surface area contributed by atoms with Gasteiger partial charge in [-0.2, -0.15) is 4.98 Å². The number of hydrazine groups is 1. The number of aryl methyl sites for hydroxylation is 1. The standard InChI is InChI=1S/C13H21N5OS/c1-3-9(4-5-19)7-15-11-10-6-8(2)20-12(10)17-13(16-11)18-14/h6,9,19H,3-5,7,14H2,1-2H3,(H2,15,16,17,18). The summed E-state index contributed by atoms with van der Waals surface area (Å²) in [5, 5.41) is 13.4. The Kier molecular flexibility index (Phi) is 5.11. The smallest absolute Gasteiger partial charge is 0.240 e. The lowest BCUT2D eigenvalue weighted by Crippen LogP contribution is -2.17. The van der Waals surface area contributed by atoms with Crippen molar-refractivity contribution in [3.8, 4) is 0 Å². The van der Waals surface area contributed by atoms with Crippen molar-refractivity contribution in [1.82, 2.24) is 9.97 Å². The molecule has 2 heterocycles. The third kappa shape index (κ3) is 3.36. The fourth-order valence-corrected chi connectivity index (χ4v) is 2.99. The minimum Gasteiger partial charge on any atom is -0.396 e. The number of aliphatic hydroxyl groups excluding tert-OH is 1. The highest BCUT2D eigenvalue weighted by molar-refractivity contribution is 7.18. The third-order valence-electron chi connectivity index (χ3n) is 3.32. The van der Waals surface area contributed by atoms with Crippen molar-refractivity contribution >= 4 is 33.3 Å². The van der Waals surface area contributed by atoms with Crippen molar-refractivity contribution in [3.05, 3.63) is 10.9 Å². The molecule has 1 atom stereocenters. The van der Waals surface area contributed by atoms with E-state index in [9.17, 15) is 0 Å². The number of nitrogens with zero attached hydrogens (tertiary/aromatic N) is 2. The van der Waals surface area contributed by atoms with Crippen molar-refractivity contribution in [2.45, 2.75) is 26.7 Å². The minimum absolute atomic E-state index is 0.215. The van der Waals surface area contributed by atoms with Gasteiger partial charge in [-0.15, -0.1) is 11.3 Å². The molecule has 0 aliphatic heterocycles. The predicted molar refractivity (Wildman–Crippen MR) is 83.9 cm³/mol. The summed E-state index contributed by atoms with van der Waals surface area (Å²) in [5.41, 5.74) is 2.50. The number of anilines is 2. The zero-order chi connectivity index (χ0) is 14.5. The molecule has 0 bridgehead atoms. The van der Waals surface area contributed by atoms with Crippen LogP contribution in [-0.2, 0) is 0 Å². The van der Waals surface area contributed by atoms with E-state index in [1.807, 2.05) is 6.92 Å². The van der Waals surface area contributed by atoms with E-state index in [2.05, 4.69) is 33.7 Å². The Balaban J connectivity index is 2.23. The van der Waals surface area contributed by atoms with Crippen LogP contribution in [0.5, 0.6) is 0 Å². The quantitative estimate of drug-likeness (QED) is 0.461. The molecule has 0 fully saturated rings. The SMILES string of the molecule is CCC(CCO)CNc1nc(NN)nc2sc(C)cc12. The summed E-state index contributed by atoms with van der Waals surface area (Å²) in [4.78, 5) is 10.8. The first kappa shape index (κ1) is 15.0. The highest BCUT2D eigenvalue weighted by Crippen LogP contribution is 2.29. The fraction of sp³-hybridized carbons (Fsp3) is 0.538. The van der Waals surface area contributed by atoms with Gasteiger partial charge in [0.05, 0.1) is 5.39 Å². The number of nitrogens with one attached hydrogen (secondary N) is 2. The van der Waals surface area contributed by atoms with Gasteiger partial charge in [-0.25, -0.2) is 10.8 Å². The number of rotatable bonds is 7. The van der Waals surface area contributed by atoms with Crippen molar-refractivity contribution in [3.63, 3.8) is 0 Å². The number of nitrogens with two attached hydrogens (primary N) is 1. The van der Waals surface area contributed by atoms with E-state index in [0.717, 1.165) is 35.4 Å². The number of aromatic nitrogens is 2. The van der Waals surface area contributed by atoms with E-state index < -0.39 is 0 Å². The molecule has 1 unspecified atom stereocenters. The molecule has 0 saturated carbocycles. The molecule has 110 valence electrons. The average Bonchev–Trinajstić information content (AvgIpc) is 2.83. The summed E-state index contributed by atoms with van der Waals surface area (Å²) < 4.78 is 0. The van der Waals surface area contributed by atoms with E-state index in [4.69, 9.17) is 10.9 Å². The van der Waals surface area contributed by atoms with E-state index in [-0.39, 0.29) is 6.61 Å². The van der Waals surface area contributed by atoms with Crippen LogP contribution in [0.25, 0.3) is 10.2 Å².